The molecule has 0 bridgehead atoms. The first-order valence-electron chi connectivity index (χ1n) is 6.89. The third kappa shape index (κ3) is 1.04. The predicted octanol–water partition coefficient (Wildman–Crippen LogP) is 3.16. The third-order valence-electron chi connectivity index (χ3n) is 5.56. The molecule has 4 rings (SSSR count). The van der Waals surface area contributed by atoms with Gasteiger partial charge in [0.05, 0.1) is 12.2 Å². The number of fused-ring (bicyclic) bond motifs is 2. The van der Waals surface area contributed by atoms with Crippen LogP contribution >= 0.6 is 0 Å². The lowest BCUT2D eigenvalue weighted by atomic mass is 9.55. The highest BCUT2D eigenvalue weighted by atomic mass is 16.6. The van der Waals surface area contributed by atoms with Crippen LogP contribution in [-0.2, 0) is 16.0 Å². The Balaban J connectivity index is 1.93. The van der Waals surface area contributed by atoms with Crippen molar-refractivity contribution in [1.82, 2.24) is 0 Å². The standard InChI is InChI=1S/C15H18O3/c1-8-7-17-11-6-9-4-3-5-10-14(16)18-13(12(8)11)15(9,10)2/h7,9-10,13H,3-6H2,1-2H3. The van der Waals surface area contributed by atoms with Crippen LogP contribution in [0.15, 0.2) is 10.7 Å². The second-order valence-electron chi connectivity index (χ2n) is 6.32. The van der Waals surface area contributed by atoms with Gasteiger partial charge in [0, 0.05) is 17.4 Å². The van der Waals surface area contributed by atoms with E-state index in [1.165, 1.54) is 6.42 Å². The Morgan fingerprint density at radius 3 is 3.06 bits per heavy atom. The third-order valence-corrected chi connectivity index (χ3v) is 5.56. The molecule has 1 aliphatic heterocycles. The van der Waals surface area contributed by atoms with Crippen molar-refractivity contribution in [2.24, 2.45) is 17.3 Å². The molecule has 3 nitrogen and oxygen atoms in total. The van der Waals surface area contributed by atoms with Crippen LogP contribution in [0.4, 0.5) is 0 Å². The molecule has 0 spiro atoms. The summed E-state index contributed by atoms with van der Waals surface area (Å²) in [6, 6.07) is 0. The lowest BCUT2D eigenvalue weighted by Crippen LogP contribution is -2.44. The molecule has 1 aromatic heterocycles. The first kappa shape index (κ1) is 10.7. The number of ether oxygens (including phenoxy) is 1. The van der Waals surface area contributed by atoms with E-state index in [9.17, 15) is 4.79 Å². The number of hydrogen-bond acceptors (Lipinski definition) is 3. The van der Waals surface area contributed by atoms with E-state index in [4.69, 9.17) is 9.15 Å². The van der Waals surface area contributed by atoms with Crippen LogP contribution in [0.25, 0.3) is 0 Å². The Kier molecular flexibility index (Phi) is 1.89. The molecule has 4 atom stereocenters. The molecule has 0 aromatic carbocycles. The highest BCUT2D eigenvalue weighted by Crippen LogP contribution is 2.63. The highest BCUT2D eigenvalue weighted by molar-refractivity contribution is 5.77. The number of hydrogen-bond donors (Lipinski definition) is 0. The first-order valence-corrected chi connectivity index (χ1v) is 6.89. The fraction of sp³-hybridized carbons (Fsp3) is 0.667. The van der Waals surface area contributed by atoms with Crippen LogP contribution in [0.2, 0.25) is 0 Å². The number of carbonyl (C=O) groups is 1. The van der Waals surface area contributed by atoms with Gasteiger partial charge in [-0.2, -0.15) is 0 Å². The summed E-state index contributed by atoms with van der Waals surface area (Å²) in [5.41, 5.74) is 2.29. The summed E-state index contributed by atoms with van der Waals surface area (Å²) in [7, 11) is 0. The normalized spacial score (nSPS) is 41.2. The molecule has 1 aromatic rings. The van der Waals surface area contributed by atoms with Gasteiger partial charge in [0.1, 0.15) is 11.9 Å². The van der Waals surface area contributed by atoms with E-state index < -0.39 is 0 Å². The molecule has 0 radical (unpaired) electrons. The summed E-state index contributed by atoms with van der Waals surface area (Å²) in [6.07, 6.45) is 6.05. The number of rotatable bonds is 0. The largest absolute Gasteiger partial charge is 0.469 e. The molecular formula is C15H18O3. The molecule has 1 saturated heterocycles. The fourth-order valence-corrected chi connectivity index (χ4v) is 4.50. The fourth-order valence-electron chi connectivity index (χ4n) is 4.50. The maximum absolute atomic E-state index is 12.1. The van der Waals surface area contributed by atoms with Crippen molar-refractivity contribution in [3.05, 3.63) is 23.2 Å². The van der Waals surface area contributed by atoms with Crippen LogP contribution in [0.5, 0.6) is 0 Å². The summed E-state index contributed by atoms with van der Waals surface area (Å²) < 4.78 is 11.4. The average Bonchev–Trinajstić information content (AvgIpc) is 2.81. The minimum absolute atomic E-state index is 0.00301. The lowest BCUT2D eigenvalue weighted by Gasteiger charge is -2.46. The Morgan fingerprint density at radius 2 is 2.22 bits per heavy atom. The van der Waals surface area contributed by atoms with Crippen molar-refractivity contribution in [2.45, 2.75) is 45.6 Å². The van der Waals surface area contributed by atoms with Gasteiger partial charge in [0.25, 0.3) is 0 Å². The molecule has 2 fully saturated rings. The van der Waals surface area contributed by atoms with Crippen LogP contribution < -0.4 is 0 Å². The lowest BCUT2D eigenvalue weighted by molar-refractivity contribution is -0.144. The van der Waals surface area contributed by atoms with E-state index >= 15 is 0 Å². The van der Waals surface area contributed by atoms with Crippen molar-refractivity contribution in [2.75, 3.05) is 0 Å². The van der Waals surface area contributed by atoms with E-state index in [2.05, 4.69) is 13.8 Å². The van der Waals surface area contributed by atoms with Gasteiger partial charge < -0.3 is 9.15 Å². The number of carbonyl (C=O) groups excluding carboxylic acids is 1. The summed E-state index contributed by atoms with van der Waals surface area (Å²) in [6.45, 7) is 4.31. The Bertz CT molecular complexity index is 530. The van der Waals surface area contributed by atoms with Crippen molar-refractivity contribution in [1.29, 1.82) is 0 Å². The van der Waals surface area contributed by atoms with Crippen molar-refractivity contribution < 1.29 is 13.9 Å². The van der Waals surface area contributed by atoms with E-state index in [-0.39, 0.29) is 23.4 Å². The quantitative estimate of drug-likeness (QED) is 0.660. The zero-order valence-electron chi connectivity index (χ0n) is 10.9. The molecule has 2 aliphatic carbocycles. The van der Waals surface area contributed by atoms with Crippen LogP contribution in [-0.4, -0.2) is 5.97 Å². The smallest absolute Gasteiger partial charge is 0.310 e. The number of aryl methyl sites for hydroxylation is 1. The minimum atomic E-state index is -0.0669. The Labute approximate surface area is 106 Å². The molecule has 1 saturated carbocycles. The molecule has 0 amide bonds. The van der Waals surface area contributed by atoms with Gasteiger partial charge >= 0.3 is 5.97 Å². The van der Waals surface area contributed by atoms with Crippen molar-refractivity contribution in [3.8, 4) is 0 Å². The van der Waals surface area contributed by atoms with Gasteiger partial charge in [-0.1, -0.05) is 13.3 Å². The van der Waals surface area contributed by atoms with Gasteiger partial charge in [-0.15, -0.1) is 0 Å². The zero-order valence-corrected chi connectivity index (χ0v) is 10.9. The van der Waals surface area contributed by atoms with Crippen molar-refractivity contribution in [3.63, 3.8) is 0 Å². The van der Waals surface area contributed by atoms with Gasteiger partial charge in [0.15, 0.2) is 0 Å². The molecule has 0 N–H and O–H groups in total. The second kappa shape index (κ2) is 3.19. The summed E-state index contributed by atoms with van der Waals surface area (Å²) in [5.74, 6) is 1.70. The maximum atomic E-state index is 12.1. The SMILES string of the molecule is Cc1coc2c1C1OC(=O)C3CCCC(C2)C31C. The molecule has 96 valence electrons. The highest BCUT2D eigenvalue weighted by Gasteiger charge is 2.62. The predicted molar refractivity (Wildman–Crippen MR) is 64.9 cm³/mol. The van der Waals surface area contributed by atoms with E-state index in [0.29, 0.717) is 5.92 Å². The van der Waals surface area contributed by atoms with Gasteiger partial charge in [0.2, 0.25) is 0 Å². The van der Waals surface area contributed by atoms with Crippen LogP contribution in [0.3, 0.4) is 0 Å². The van der Waals surface area contributed by atoms with Gasteiger partial charge in [-0.25, -0.2) is 0 Å². The second-order valence-corrected chi connectivity index (χ2v) is 6.32. The molecule has 4 unspecified atom stereocenters. The van der Waals surface area contributed by atoms with Crippen LogP contribution in [0, 0.1) is 24.2 Å². The molecule has 2 heterocycles. The topological polar surface area (TPSA) is 39.4 Å². The summed E-state index contributed by atoms with van der Waals surface area (Å²) in [5, 5.41) is 0. The molecule has 3 aliphatic rings. The summed E-state index contributed by atoms with van der Waals surface area (Å²) >= 11 is 0. The Morgan fingerprint density at radius 1 is 1.39 bits per heavy atom. The van der Waals surface area contributed by atoms with E-state index in [1.807, 2.05) is 6.26 Å². The Hall–Kier alpha value is -1.25. The minimum Gasteiger partial charge on any atom is -0.469 e. The summed E-state index contributed by atoms with van der Waals surface area (Å²) in [4.78, 5) is 12.1. The molecule has 18 heavy (non-hydrogen) atoms. The van der Waals surface area contributed by atoms with Gasteiger partial charge in [-0.05, 0) is 31.2 Å². The first-order chi connectivity index (χ1) is 8.62. The molecule has 3 heteroatoms. The monoisotopic (exact) mass is 246 g/mol. The number of esters is 1. The van der Waals surface area contributed by atoms with E-state index in [1.54, 1.807) is 0 Å². The van der Waals surface area contributed by atoms with Gasteiger partial charge in [-0.3, -0.25) is 4.79 Å². The molecular weight excluding hydrogens is 228 g/mol. The van der Waals surface area contributed by atoms with Crippen molar-refractivity contribution >= 4 is 5.97 Å². The van der Waals surface area contributed by atoms with E-state index in [0.717, 1.165) is 36.1 Å². The number of furan rings is 1. The average molecular weight is 246 g/mol. The maximum Gasteiger partial charge on any atom is 0.310 e. The van der Waals surface area contributed by atoms with Crippen LogP contribution in [0.1, 0.15) is 49.2 Å². The zero-order chi connectivity index (χ0) is 12.5.